The van der Waals surface area contributed by atoms with Crippen LogP contribution < -0.4 is 10.5 Å². The highest BCUT2D eigenvalue weighted by molar-refractivity contribution is 5.97. The zero-order valence-corrected chi connectivity index (χ0v) is 10.3. The van der Waals surface area contributed by atoms with Gasteiger partial charge in [0.2, 0.25) is 0 Å². The molecule has 0 fully saturated rings. The summed E-state index contributed by atoms with van der Waals surface area (Å²) in [5, 5.41) is 11.4. The molecule has 0 unspecified atom stereocenters. The average molecular weight is 260 g/mol. The van der Waals surface area contributed by atoms with Crippen molar-refractivity contribution < 1.29 is 14.3 Å². The molecule has 5 heteroatoms. The highest BCUT2D eigenvalue weighted by Crippen LogP contribution is 2.26. The van der Waals surface area contributed by atoms with Crippen LogP contribution in [-0.2, 0) is 0 Å². The first-order valence-electron chi connectivity index (χ1n) is 5.62. The van der Waals surface area contributed by atoms with E-state index >= 15 is 0 Å². The molecule has 0 bridgehead atoms. The number of hydrogen-bond acceptors (Lipinski definition) is 3. The maximum Gasteiger partial charge on any atom is 0.170 e. The summed E-state index contributed by atoms with van der Waals surface area (Å²) >= 11 is 0. The normalized spacial score (nSPS) is 11.4. The van der Waals surface area contributed by atoms with Gasteiger partial charge in [0.05, 0.1) is 0 Å². The van der Waals surface area contributed by atoms with Gasteiger partial charge in [-0.05, 0) is 42.8 Å². The van der Waals surface area contributed by atoms with Gasteiger partial charge in [0.25, 0.3) is 0 Å². The van der Waals surface area contributed by atoms with Crippen LogP contribution in [-0.4, -0.2) is 11.0 Å². The van der Waals surface area contributed by atoms with Crippen molar-refractivity contribution in [2.45, 2.75) is 6.92 Å². The highest BCUT2D eigenvalue weighted by atomic mass is 19.1. The predicted octanol–water partition coefficient (Wildman–Crippen LogP) is 3.02. The molecule has 0 aromatic heterocycles. The van der Waals surface area contributed by atoms with E-state index in [1.54, 1.807) is 49.4 Å². The number of hydrogen-bond donors (Lipinski definition) is 2. The lowest BCUT2D eigenvalue weighted by Crippen LogP contribution is -2.12. The topological polar surface area (TPSA) is 67.8 Å². The second-order valence-electron chi connectivity index (χ2n) is 4.00. The summed E-state index contributed by atoms with van der Waals surface area (Å²) in [6.07, 6.45) is 0. The maximum atomic E-state index is 13.8. The number of nitrogens with zero attached hydrogens (tertiary/aromatic N) is 1. The van der Waals surface area contributed by atoms with Crippen LogP contribution in [0.3, 0.4) is 0 Å². The molecule has 0 amide bonds. The summed E-state index contributed by atoms with van der Waals surface area (Å²) in [6, 6.07) is 11.4. The van der Waals surface area contributed by atoms with E-state index in [1.807, 2.05) is 0 Å². The zero-order valence-electron chi connectivity index (χ0n) is 10.3. The number of oxime groups is 1. The van der Waals surface area contributed by atoms with Crippen LogP contribution in [0.2, 0.25) is 0 Å². The lowest BCUT2D eigenvalue weighted by atomic mass is 10.2. The Labute approximate surface area is 109 Å². The predicted molar refractivity (Wildman–Crippen MR) is 70.2 cm³/mol. The van der Waals surface area contributed by atoms with Crippen molar-refractivity contribution in [2.24, 2.45) is 10.9 Å². The molecule has 0 aliphatic heterocycles. The van der Waals surface area contributed by atoms with Crippen molar-refractivity contribution in [1.29, 1.82) is 0 Å². The minimum atomic E-state index is -0.386. The Bertz CT molecular complexity index is 609. The van der Waals surface area contributed by atoms with E-state index in [1.165, 1.54) is 0 Å². The standard InChI is InChI=1S/C14H13FN2O2/c1-9-3-2-4-12(13(9)15)19-11-7-5-10(6-8-11)14(16)17-18/h2-8,18H,1H3,(H2,16,17). The first-order valence-corrected chi connectivity index (χ1v) is 5.62. The van der Waals surface area contributed by atoms with Gasteiger partial charge in [-0.3, -0.25) is 0 Å². The van der Waals surface area contributed by atoms with Crippen LogP contribution in [0.15, 0.2) is 47.6 Å². The van der Waals surface area contributed by atoms with E-state index in [4.69, 9.17) is 15.7 Å². The smallest absolute Gasteiger partial charge is 0.170 e. The largest absolute Gasteiger partial charge is 0.454 e. The summed E-state index contributed by atoms with van der Waals surface area (Å²) in [4.78, 5) is 0. The minimum absolute atomic E-state index is 0.00767. The molecule has 2 aromatic carbocycles. The maximum absolute atomic E-state index is 13.8. The van der Waals surface area contributed by atoms with E-state index in [2.05, 4.69) is 5.16 Å². The van der Waals surface area contributed by atoms with E-state index in [0.29, 0.717) is 16.9 Å². The SMILES string of the molecule is Cc1cccc(Oc2ccc(/C(N)=N/O)cc2)c1F. The Morgan fingerprint density at radius 3 is 2.53 bits per heavy atom. The third kappa shape index (κ3) is 2.82. The molecular weight excluding hydrogens is 247 g/mol. The summed E-state index contributed by atoms with van der Waals surface area (Å²) < 4.78 is 19.2. The molecule has 19 heavy (non-hydrogen) atoms. The molecule has 0 atom stereocenters. The van der Waals surface area contributed by atoms with Gasteiger partial charge in [-0.2, -0.15) is 0 Å². The molecule has 0 heterocycles. The number of nitrogens with two attached hydrogens (primary N) is 1. The molecule has 2 aromatic rings. The van der Waals surface area contributed by atoms with E-state index < -0.39 is 0 Å². The Kier molecular flexibility index (Phi) is 3.66. The van der Waals surface area contributed by atoms with Crippen molar-refractivity contribution in [1.82, 2.24) is 0 Å². The number of rotatable bonds is 3. The molecule has 0 saturated carbocycles. The van der Waals surface area contributed by atoms with Gasteiger partial charge < -0.3 is 15.7 Å². The summed E-state index contributed by atoms with van der Waals surface area (Å²) in [6.45, 7) is 1.67. The Balaban J connectivity index is 2.22. The summed E-state index contributed by atoms with van der Waals surface area (Å²) in [7, 11) is 0. The van der Waals surface area contributed by atoms with Crippen LogP contribution in [0.1, 0.15) is 11.1 Å². The van der Waals surface area contributed by atoms with Crippen LogP contribution in [0.4, 0.5) is 4.39 Å². The second kappa shape index (κ2) is 5.39. The van der Waals surface area contributed by atoms with Gasteiger partial charge in [-0.15, -0.1) is 0 Å². The lowest BCUT2D eigenvalue weighted by Gasteiger charge is -2.08. The van der Waals surface area contributed by atoms with Crippen molar-refractivity contribution in [3.63, 3.8) is 0 Å². The van der Waals surface area contributed by atoms with E-state index in [-0.39, 0.29) is 17.4 Å². The van der Waals surface area contributed by atoms with Crippen LogP contribution >= 0.6 is 0 Å². The van der Waals surface area contributed by atoms with Gasteiger partial charge in [0.1, 0.15) is 5.75 Å². The molecule has 0 aliphatic carbocycles. The fourth-order valence-electron chi connectivity index (χ4n) is 1.58. The van der Waals surface area contributed by atoms with Gasteiger partial charge in [-0.25, -0.2) is 4.39 Å². The van der Waals surface area contributed by atoms with Crippen molar-refractivity contribution >= 4 is 5.84 Å². The van der Waals surface area contributed by atoms with Crippen molar-refractivity contribution in [3.8, 4) is 11.5 Å². The van der Waals surface area contributed by atoms with Gasteiger partial charge in [0, 0.05) is 5.56 Å². The number of amidine groups is 1. The van der Waals surface area contributed by atoms with Crippen LogP contribution in [0.25, 0.3) is 0 Å². The third-order valence-corrected chi connectivity index (χ3v) is 2.64. The number of benzene rings is 2. The van der Waals surface area contributed by atoms with Gasteiger partial charge >= 0.3 is 0 Å². The van der Waals surface area contributed by atoms with Crippen LogP contribution in [0, 0.1) is 12.7 Å². The van der Waals surface area contributed by atoms with Crippen LogP contribution in [0.5, 0.6) is 11.5 Å². The van der Waals surface area contributed by atoms with Gasteiger partial charge in [-0.1, -0.05) is 17.3 Å². The first-order chi connectivity index (χ1) is 9.11. The molecule has 98 valence electrons. The Hall–Kier alpha value is -2.56. The summed E-state index contributed by atoms with van der Waals surface area (Å²) in [5.74, 6) is 0.256. The van der Waals surface area contributed by atoms with E-state index in [9.17, 15) is 4.39 Å². The Morgan fingerprint density at radius 1 is 1.21 bits per heavy atom. The fraction of sp³-hybridized carbons (Fsp3) is 0.0714. The second-order valence-corrected chi connectivity index (χ2v) is 4.00. The monoisotopic (exact) mass is 260 g/mol. The zero-order chi connectivity index (χ0) is 13.8. The molecule has 0 spiro atoms. The van der Waals surface area contributed by atoms with Crippen molar-refractivity contribution in [3.05, 3.63) is 59.4 Å². The number of ether oxygens (including phenoxy) is 1. The molecule has 0 aliphatic rings. The van der Waals surface area contributed by atoms with Crippen molar-refractivity contribution in [2.75, 3.05) is 0 Å². The molecular formula is C14H13FN2O2. The Morgan fingerprint density at radius 2 is 1.89 bits per heavy atom. The summed E-state index contributed by atoms with van der Waals surface area (Å²) in [5.41, 5.74) is 6.51. The number of aryl methyl sites for hydroxylation is 1. The molecule has 0 saturated heterocycles. The van der Waals surface area contributed by atoms with E-state index in [0.717, 1.165) is 0 Å². The fourth-order valence-corrected chi connectivity index (χ4v) is 1.58. The van der Waals surface area contributed by atoms with Gasteiger partial charge in [0.15, 0.2) is 17.4 Å². The number of halogens is 1. The molecule has 4 nitrogen and oxygen atoms in total. The molecule has 0 radical (unpaired) electrons. The lowest BCUT2D eigenvalue weighted by molar-refractivity contribution is 0.318. The minimum Gasteiger partial charge on any atom is -0.454 e. The molecule has 2 rings (SSSR count). The highest BCUT2D eigenvalue weighted by Gasteiger charge is 2.07. The quantitative estimate of drug-likeness (QED) is 0.386. The third-order valence-electron chi connectivity index (χ3n) is 2.64. The molecule has 3 N–H and O–H groups in total. The first kappa shape index (κ1) is 12.9. The average Bonchev–Trinajstić information content (AvgIpc) is 2.44.